The fourth-order valence-corrected chi connectivity index (χ4v) is 4.20. The van der Waals surface area contributed by atoms with Crippen molar-refractivity contribution in [2.24, 2.45) is 0 Å². The molecule has 0 saturated carbocycles. The number of carbonyl (C=O) groups excluding carboxylic acids is 3. The zero-order valence-corrected chi connectivity index (χ0v) is 19.9. The molecule has 0 radical (unpaired) electrons. The number of benzene rings is 1. The molecule has 0 spiro atoms. The molecule has 3 rings (SSSR count). The number of rotatable bonds is 8. The van der Waals surface area contributed by atoms with E-state index in [0.29, 0.717) is 43.0 Å². The number of alkyl halides is 3. The van der Waals surface area contributed by atoms with E-state index < -0.39 is 23.6 Å². The number of ether oxygens (including phenoxy) is 1. The Labute approximate surface area is 201 Å². The number of carbonyl (C=O) groups is 3. The molecule has 2 aromatic rings. The number of aryl methyl sites for hydroxylation is 1. The number of H-pyrrole nitrogens is 1. The van der Waals surface area contributed by atoms with Gasteiger partial charge in [0.05, 0.1) is 30.9 Å². The first-order valence-electron chi connectivity index (χ1n) is 11.3. The SMILES string of the molecule is CCOC(=O)c1[nH]c(C)c(C(=O)CN2CCN(CC(=O)Nc3ccccc3C(F)(F)F)CC2)c1C. The molecule has 8 nitrogen and oxygen atoms in total. The van der Waals surface area contributed by atoms with Crippen LogP contribution in [0.1, 0.15) is 44.6 Å². The molecule has 2 heterocycles. The smallest absolute Gasteiger partial charge is 0.418 e. The van der Waals surface area contributed by atoms with Gasteiger partial charge >= 0.3 is 12.1 Å². The maximum atomic E-state index is 13.1. The van der Waals surface area contributed by atoms with Crippen LogP contribution in [0.5, 0.6) is 0 Å². The highest BCUT2D eigenvalue weighted by Gasteiger charge is 2.34. The zero-order valence-electron chi connectivity index (χ0n) is 19.9. The van der Waals surface area contributed by atoms with E-state index in [4.69, 9.17) is 4.74 Å². The summed E-state index contributed by atoms with van der Waals surface area (Å²) in [6.45, 7) is 7.50. The Morgan fingerprint density at radius 2 is 1.63 bits per heavy atom. The predicted octanol–water partition coefficient (Wildman–Crippen LogP) is 3.27. The third-order valence-corrected chi connectivity index (χ3v) is 5.90. The molecule has 35 heavy (non-hydrogen) atoms. The van der Waals surface area contributed by atoms with E-state index in [1.807, 2.05) is 9.80 Å². The number of aromatic nitrogens is 1. The van der Waals surface area contributed by atoms with Gasteiger partial charge in [-0.2, -0.15) is 13.2 Å². The van der Waals surface area contributed by atoms with Gasteiger partial charge in [-0.25, -0.2) is 4.79 Å². The van der Waals surface area contributed by atoms with E-state index >= 15 is 0 Å². The molecule has 1 aliphatic heterocycles. The van der Waals surface area contributed by atoms with Crippen molar-refractivity contribution in [2.45, 2.75) is 26.9 Å². The van der Waals surface area contributed by atoms with E-state index in [1.165, 1.54) is 18.2 Å². The molecular weight excluding hydrogens is 465 g/mol. The number of hydrogen-bond acceptors (Lipinski definition) is 6. The van der Waals surface area contributed by atoms with Crippen molar-refractivity contribution in [3.63, 3.8) is 0 Å². The van der Waals surface area contributed by atoms with Crippen molar-refractivity contribution in [3.05, 3.63) is 52.3 Å². The Balaban J connectivity index is 1.53. The molecule has 190 valence electrons. The van der Waals surface area contributed by atoms with Gasteiger partial charge in [0, 0.05) is 37.4 Å². The number of Topliss-reactive ketones (excluding diaryl/α,β-unsaturated/α-hetero) is 1. The molecule has 0 atom stereocenters. The summed E-state index contributed by atoms with van der Waals surface area (Å²) in [6.07, 6.45) is -4.56. The molecule has 1 saturated heterocycles. The number of esters is 1. The molecule has 1 aliphatic rings. The number of ketones is 1. The van der Waals surface area contributed by atoms with Gasteiger partial charge in [0.1, 0.15) is 5.69 Å². The summed E-state index contributed by atoms with van der Waals surface area (Å²) in [5, 5.41) is 2.35. The van der Waals surface area contributed by atoms with E-state index in [0.717, 1.165) is 6.07 Å². The largest absolute Gasteiger partial charge is 0.461 e. The van der Waals surface area contributed by atoms with Crippen molar-refractivity contribution in [1.29, 1.82) is 0 Å². The van der Waals surface area contributed by atoms with Crippen molar-refractivity contribution in [2.75, 3.05) is 51.2 Å². The lowest BCUT2D eigenvalue weighted by Gasteiger charge is -2.33. The van der Waals surface area contributed by atoms with Crippen LogP contribution < -0.4 is 5.32 Å². The Kier molecular flexibility index (Phi) is 8.34. The van der Waals surface area contributed by atoms with Gasteiger partial charge in [0.25, 0.3) is 0 Å². The van der Waals surface area contributed by atoms with Gasteiger partial charge in [-0.3, -0.25) is 19.4 Å². The summed E-state index contributed by atoms with van der Waals surface area (Å²) in [6, 6.07) is 4.86. The van der Waals surface area contributed by atoms with Gasteiger partial charge in [-0.05, 0) is 38.5 Å². The van der Waals surface area contributed by atoms with Crippen LogP contribution >= 0.6 is 0 Å². The summed E-state index contributed by atoms with van der Waals surface area (Å²) < 4.78 is 44.4. The topological polar surface area (TPSA) is 94.7 Å². The normalized spacial score (nSPS) is 15.1. The first kappa shape index (κ1) is 26.4. The lowest BCUT2D eigenvalue weighted by molar-refractivity contribution is -0.137. The van der Waals surface area contributed by atoms with Gasteiger partial charge in [0.2, 0.25) is 5.91 Å². The van der Waals surface area contributed by atoms with Crippen LogP contribution in [0.25, 0.3) is 0 Å². The number of piperazine rings is 1. The average molecular weight is 495 g/mol. The van der Waals surface area contributed by atoms with Crippen molar-refractivity contribution in [1.82, 2.24) is 14.8 Å². The lowest BCUT2D eigenvalue weighted by atomic mass is 10.0. The van der Waals surface area contributed by atoms with Crippen LogP contribution in [0.2, 0.25) is 0 Å². The lowest BCUT2D eigenvalue weighted by Crippen LogP contribution is -2.49. The third-order valence-electron chi connectivity index (χ3n) is 5.90. The van der Waals surface area contributed by atoms with Crippen molar-refractivity contribution in [3.8, 4) is 0 Å². The van der Waals surface area contributed by atoms with Gasteiger partial charge in [-0.15, -0.1) is 0 Å². The second-order valence-corrected chi connectivity index (χ2v) is 8.41. The molecule has 1 fully saturated rings. The van der Waals surface area contributed by atoms with Crippen LogP contribution in [0.15, 0.2) is 24.3 Å². The molecule has 0 aliphatic carbocycles. The summed E-state index contributed by atoms with van der Waals surface area (Å²) in [5.74, 6) is -1.16. The fourth-order valence-electron chi connectivity index (χ4n) is 4.20. The molecule has 1 aromatic heterocycles. The van der Waals surface area contributed by atoms with Gasteiger partial charge in [-0.1, -0.05) is 12.1 Å². The average Bonchev–Trinajstić information content (AvgIpc) is 3.09. The first-order chi connectivity index (χ1) is 16.5. The summed E-state index contributed by atoms with van der Waals surface area (Å²) in [7, 11) is 0. The van der Waals surface area contributed by atoms with Crippen LogP contribution in [0.4, 0.5) is 18.9 Å². The summed E-state index contributed by atoms with van der Waals surface area (Å²) >= 11 is 0. The van der Waals surface area contributed by atoms with Crippen LogP contribution in [-0.4, -0.2) is 78.3 Å². The Bertz CT molecular complexity index is 1090. The maximum absolute atomic E-state index is 13.1. The molecule has 1 amide bonds. The van der Waals surface area contributed by atoms with Gasteiger partial charge < -0.3 is 15.0 Å². The number of nitrogens with one attached hydrogen (secondary N) is 2. The molecule has 11 heteroatoms. The standard InChI is InChI=1S/C24H29F3N4O4/c1-4-35-23(34)22-15(2)21(16(3)28-22)19(32)13-30-9-11-31(12-10-30)14-20(33)29-18-8-6-5-7-17(18)24(25,26)27/h5-8,28H,4,9-14H2,1-3H3,(H,29,33). The molecule has 2 N–H and O–H groups in total. The molecular formula is C24H29F3N4O4. The monoisotopic (exact) mass is 494 g/mol. The minimum Gasteiger partial charge on any atom is -0.461 e. The van der Waals surface area contributed by atoms with Crippen LogP contribution in [0, 0.1) is 13.8 Å². The quantitative estimate of drug-likeness (QED) is 0.432. The Hall–Kier alpha value is -3.18. The molecule has 0 bridgehead atoms. The summed E-state index contributed by atoms with van der Waals surface area (Å²) in [4.78, 5) is 44.1. The van der Waals surface area contributed by atoms with E-state index in [1.54, 1.807) is 20.8 Å². The predicted molar refractivity (Wildman–Crippen MR) is 124 cm³/mol. The molecule has 1 aromatic carbocycles. The minimum atomic E-state index is -4.56. The second kappa shape index (κ2) is 11.0. The highest BCUT2D eigenvalue weighted by molar-refractivity contribution is 6.03. The second-order valence-electron chi connectivity index (χ2n) is 8.41. The minimum absolute atomic E-state index is 0.0487. The number of anilines is 1. The van der Waals surface area contributed by atoms with E-state index in [2.05, 4.69) is 10.3 Å². The van der Waals surface area contributed by atoms with Crippen molar-refractivity contribution >= 4 is 23.3 Å². The number of para-hydroxylation sites is 1. The highest BCUT2D eigenvalue weighted by Crippen LogP contribution is 2.34. The number of aromatic amines is 1. The van der Waals surface area contributed by atoms with Crippen molar-refractivity contribution < 1.29 is 32.3 Å². The van der Waals surface area contributed by atoms with Crippen LogP contribution in [-0.2, 0) is 15.7 Å². The first-order valence-corrected chi connectivity index (χ1v) is 11.3. The van der Waals surface area contributed by atoms with E-state index in [-0.39, 0.29) is 36.9 Å². The van der Waals surface area contributed by atoms with Gasteiger partial charge in [0.15, 0.2) is 5.78 Å². The zero-order chi connectivity index (χ0) is 25.8. The maximum Gasteiger partial charge on any atom is 0.418 e. The number of hydrogen-bond donors (Lipinski definition) is 2. The fraction of sp³-hybridized carbons (Fsp3) is 0.458. The molecule has 0 unspecified atom stereocenters. The number of amides is 1. The summed E-state index contributed by atoms with van der Waals surface area (Å²) in [5.41, 5.74) is 0.742. The van der Waals surface area contributed by atoms with Crippen LogP contribution in [0.3, 0.4) is 0 Å². The Morgan fingerprint density at radius 1 is 1.03 bits per heavy atom. The highest BCUT2D eigenvalue weighted by atomic mass is 19.4. The number of halogens is 3. The third kappa shape index (κ3) is 6.49. The van der Waals surface area contributed by atoms with E-state index in [9.17, 15) is 27.6 Å². The Morgan fingerprint density at radius 3 is 2.23 bits per heavy atom. The number of nitrogens with zero attached hydrogens (tertiary/aromatic N) is 2.